The third-order valence-corrected chi connectivity index (χ3v) is 4.11. The van der Waals surface area contributed by atoms with Crippen LogP contribution < -0.4 is 10.6 Å². The highest BCUT2D eigenvalue weighted by Crippen LogP contribution is 2.22. The van der Waals surface area contributed by atoms with Crippen molar-refractivity contribution in [1.29, 1.82) is 0 Å². The number of para-hydroxylation sites is 1. The summed E-state index contributed by atoms with van der Waals surface area (Å²) in [4.78, 5) is 2.49. The molecule has 1 aliphatic heterocycles. The summed E-state index contributed by atoms with van der Waals surface area (Å²) in [5.74, 6) is 0. The summed E-state index contributed by atoms with van der Waals surface area (Å²) >= 11 is 0. The van der Waals surface area contributed by atoms with Gasteiger partial charge in [0.05, 0.1) is 0 Å². The van der Waals surface area contributed by atoms with E-state index in [4.69, 9.17) is 5.73 Å². The van der Waals surface area contributed by atoms with E-state index < -0.39 is 0 Å². The molecule has 20 heavy (non-hydrogen) atoms. The summed E-state index contributed by atoms with van der Waals surface area (Å²) in [5.41, 5.74) is 10.8. The average Bonchev–Trinajstić information content (AvgIpc) is 2.51. The van der Waals surface area contributed by atoms with Gasteiger partial charge in [0, 0.05) is 24.5 Å². The van der Waals surface area contributed by atoms with Crippen LogP contribution in [0, 0.1) is 0 Å². The van der Waals surface area contributed by atoms with Crippen molar-refractivity contribution in [2.75, 3.05) is 23.7 Å². The first-order valence-corrected chi connectivity index (χ1v) is 7.50. The van der Waals surface area contributed by atoms with Gasteiger partial charge < -0.3 is 10.6 Å². The lowest BCUT2D eigenvalue weighted by Gasteiger charge is -2.28. The zero-order valence-electron chi connectivity index (χ0n) is 11.9. The van der Waals surface area contributed by atoms with E-state index in [2.05, 4.69) is 35.2 Å². The summed E-state index contributed by atoms with van der Waals surface area (Å²) in [6.45, 7) is 2.40. The SMILES string of the molecule is Nc1ccccc1Cc1ccc(N2CCCCC2)cc1. The molecule has 1 heterocycles. The molecular weight excluding hydrogens is 244 g/mol. The van der Waals surface area contributed by atoms with Crippen LogP contribution in [0.1, 0.15) is 30.4 Å². The van der Waals surface area contributed by atoms with Crippen LogP contribution in [0.25, 0.3) is 0 Å². The molecule has 104 valence electrons. The minimum atomic E-state index is 0.882. The summed E-state index contributed by atoms with van der Waals surface area (Å²) in [6, 6.07) is 17.1. The lowest BCUT2D eigenvalue weighted by atomic mass is 10.0. The van der Waals surface area contributed by atoms with Gasteiger partial charge in [0.15, 0.2) is 0 Å². The molecule has 0 unspecified atom stereocenters. The van der Waals surface area contributed by atoms with E-state index in [0.717, 1.165) is 12.1 Å². The number of rotatable bonds is 3. The van der Waals surface area contributed by atoms with Crippen LogP contribution in [0.2, 0.25) is 0 Å². The Morgan fingerprint density at radius 3 is 2.25 bits per heavy atom. The fraction of sp³-hybridized carbons (Fsp3) is 0.333. The Morgan fingerprint density at radius 1 is 0.850 bits per heavy atom. The first kappa shape index (κ1) is 13.0. The summed E-state index contributed by atoms with van der Waals surface area (Å²) < 4.78 is 0. The molecule has 2 heteroatoms. The number of benzene rings is 2. The monoisotopic (exact) mass is 266 g/mol. The van der Waals surface area contributed by atoms with Crippen LogP contribution in [0.15, 0.2) is 48.5 Å². The molecule has 2 aromatic rings. The summed E-state index contributed by atoms with van der Waals surface area (Å²) in [7, 11) is 0. The standard InChI is InChI=1S/C18H22N2/c19-18-7-3-2-6-16(18)14-15-8-10-17(11-9-15)20-12-4-1-5-13-20/h2-3,6-11H,1,4-5,12-14,19H2. The van der Waals surface area contributed by atoms with E-state index in [1.54, 1.807) is 0 Å². The van der Waals surface area contributed by atoms with Crippen LogP contribution >= 0.6 is 0 Å². The number of hydrogen-bond donors (Lipinski definition) is 1. The van der Waals surface area contributed by atoms with Crippen molar-refractivity contribution in [3.8, 4) is 0 Å². The number of anilines is 2. The molecule has 0 saturated carbocycles. The number of nitrogens with zero attached hydrogens (tertiary/aromatic N) is 1. The predicted molar refractivity (Wildman–Crippen MR) is 86.2 cm³/mol. The Morgan fingerprint density at radius 2 is 1.55 bits per heavy atom. The summed E-state index contributed by atoms with van der Waals surface area (Å²) in [6.07, 6.45) is 4.93. The van der Waals surface area contributed by atoms with E-state index in [9.17, 15) is 0 Å². The van der Waals surface area contributed by atoms with Gasteiger partial charge in [0.2, 0.25) is 0 Å². The van der Waals surface area contributed by atoms with Gasteiger partial charge in [-0.25, -0.2) is 0 Å². The molecule has 0 spiro atoms. The fourth-order valence-electron chi connectivity index (χ4n) is 2.89. The molecule has 2 N–H and O–H groups in total. The molecular formula is C18H22N2. The molecule has 1 fully saturated rings. The molecule has 3 rings (SSSR count). The molecule has 0 atom stereocenters. The smallest absolute Gasteiger partial charge is 0.0366 e. The highest BCUT2D eigenvalue weighted by atomic mass is 15.1. The lowest BCUT2D eigenvalue weighted by Crippen LogP contribution is -2.29. The summed E-state index contributed by atoms with van der Waals surface area (Å²) in [5, 5.41) is 0. The van der Waals surface area contributed by atoms with Gasteiger partial charge in [-0.3, -0.25) is 0 Å². The van der Waals surface area contributed by atoms with Crippen LogP contribution in [-0.4, -0.2) is 13.1 Å². The third-order valence-electron chi connectivity index (χ3n) is 4.11. The van der Waals surface area contributed by atoms with Gasteiger partial charge in [-0.1, -0.05) is 30.3 Å². The number of hydrogen-bond acceptors (Lipinski definition) is 2. The van der Waals surface area contributed by atoms with Crippen molar-refractivity contribution in [2.24, 2.45) is 0 Å². The van der Waals surface area contributed by atoms with Crippen LogP contribution in [0.4, 0.5) is 11.4 Å². The highest BCUT2D eigenvalue weighted by molar-refractivity contribution is 5.51. The normalized spacial score (nSPS) is 15.3. The Labute approximate surface area is 121 Å². The maximum Gasteiger partial charge on any atom is 0.0366 e. The van der Waals surface area contributed by atoms with Crippen LogP contribution in [-0.2, 0) is 6.42 Å². The van der Waals surface area contributed by atoms with Crippen molar-refractivity contribution in [3.63, 3.8) is 0 Å². The van der Waals surface area contributed by atoms with Crippen molar-refractivity contribution in [1.82, 2.24) is 0 Å². The molecule has 0 radical (unpaired) electrons. The molecule has 0 aromatic heterocycles. The number of piperidine rings is 1. The van der Waals surface area contributed by atoms with Gasteiger partial charge in [-0.2, -0.15) is 0 Å². The first-order chi connectivity index (χ1) is 9.83. The van der Waals surface area contributed by atoms with E-state index >= 15 is 0 Å². The second kappa shape index (κ2) is 6.00. The fourth-order valence-corrected chi connectivity index (χ4v) is 2.89. The quantitative estimate of drug-likeness (QED) is 0.855. The number of nitrogens with two attached hydrogens (primary N) is 1. The Hall–Kier alpha value is -1.96. The molecule has 2 aromatic carbocycles. The number of nitrogen functional groups attached to an aromatic ring is 1. The molecule has 1 aliphatic rings. The third kappa shape index (κ3) is 2.96. The average molecular weight is 266 g/mol. The molecule has 0 bridgehead atoms. The van der Waals surface area contributed by atoms with E-state index in [1.807, 2.05) is 18.2 Å². The molecule has 0 amide bonds. The van der Waals surface area contributed by atoms with Gasteiger partial charge in [0.25, 0.3) is 0 Å². The van der Waals surface area contributed by atoms with Crippen LogP contribution in [0.5, 0.6) is 0 Å². The van der Waals surface area contributed by atoms with Crippen molar-refractivity contribution >= 4 is 11.4 Å². The van der Waals surface area contributed by atoms with Gasteiger partial charge >= 0.3 is 0 Å². The van der Waals surface area contributed by atoms with E-state index in [1.165, 1.54) is 49.2 Å². The highest BCUT2D eigenvalue weighted by Gasteiger charge is 2.10. The first-order valence-electron chi connectivity index (χ1n) is 7.50. The Balaban J connectivity index is 1.71. The van der Waals surface area contributed by atoms with Gasteiger partial charge in [0.1, 0.15) is 0 Å². The van der Waals surface area contributed by atoms with Crippen LogP contribution in [0.3, 0.4) is 0 Å². The Kier molecular flexibility index (Phi) is 3.91. The maximum absolute atomic E-state index is 6.01. The van der Waals surface area contributed by atoms with Gasteiger partial charge in [-0.15, -0.1) is 0 Å². The maximum atomic E-state index is 6.01. The zero-order chi connectivity index (χ0) is 13.8. The van der Waals surface area contributed by atoms with E-state index in [0.29, 0.717) is 0 Å². The van der Waals surface area contributed by atoms with Crippen molar-refractivity contribution < 1.29 is 0 Å². The predicted octanol–water partition coefficient (Wildman–Crippen LogP) is 3.85. The molecule has 1 saturated heterocycles. The molecule has 0 aliphatic carbocycles. The Bertz CT molecular complexity index is 554. The van der Waals surface area contributed by atoms with E-state index in [-0.39, 0.29) is 0 Å². The minimum Gasteiger partial charge on any atom is -0.398 e. The topological polar surface area (TPSA) is 29.3 Å². The van der Waals surface area contributed by atoms with Gasteiger partial charge in [-0.05, 0) is 55.0 Å². The van der Waals surface area contributed by atoms with Crippen molar-refractivity contribution in [2.45, 2.75) is 25.7 Å². The second-order valence-electron chi connectivity index (χ2n) is 5.59. The van der Waals surface area contributed by atoms with Crippen molar-refractivity contribution in [3.05, 3.63) is 59.7 Å². The second-order valence-corrected chi connectivity index (χ2v) is 5.59. The lowest BCUT2D eigenvalue weighted by molar-refractivity contribution is 0.578. The minimum absolute atomic E-state index is 0.882. The largest absolute Gasteiger partial charge is 0.398 e. The molecule has 2 nitrogen and oxygen atoms in total. The zero-order valence-corrected chi connectivity index (χ0v) is 11.9.